The Kier molecular flexibility index (Phi) is 8.63. The molecule has 3 atom stereocenters. The van der Waals surface area contributed by atoms with Crippen LogP contribution in [0.4, 0.5) is 8.78 Å². The normalized spacial score (nSPS) is 22.6. The number of carbonyl (C=O) groups is 1. The minimum absolute atomic E-state index is 0.0522. The number of aryl methyl sites for hydroxylation is 1. The van der Waals surface area contributed by atoms with Gasteiger partial charge in [-0.15, -0.1) is 0 Å². The molecule has 200 valence electrons. The summed E-state index contributed by atoms with van der Waals surface area (Å²) in [6, 6.07) is 1.46. The highest BCUT2D eigenvalue weighted by molar-refractivity contribution is 6.36. The van der Waals surface area contributed by atoms with Crippen molar-refractivity contribution in [1.82, 2.24) is 20.1 Å². The van der Waals surface area contributed by atoms with Crippen molar-refractivity contribution in [2.75, 3.05) is 6.54 Å². The van der Waals surface area contributed by atoms with E-state index >= 15 is 0 Å². The molecule has 2 aromatic heterocycles. The number of aliphatic hydroxyl groups is 2. The van der Waals surface area contributed by atoms with Gasteiger partial charge >= 0.3 is 6.61 Å². The Morgan fingerprint density at radius 3 is 2.69 bits per heavy atom. The lowest BCUT2D eigenvalue weighted by Crippen LogP contribution is -2.54. The molecule has 11 heteroatoms. The summed E-state index contributed by atoms with van der Waals surface area (Å²) in [5.41, 5.74) is -0.722. The smallest absolute Gasteiger partial charge is 0.387 e. The molecule has 1 fully saturated rings. The number of hydrogen-bond donors (Lipinski definition) is 3. The molecule has 3 rings (SSSR count). The number of pyridine rings is 1. The Balaban J connectivity index is 1.92. The zero-order chi connectivity index (χ0) is 26.8. The highest BCUT2D eigenvalue weighted by Gasteiger charge is 2.40. The number of rotatable bonds is 8. The summed E-state index contributed by atoms with van der Waals surface area (Å²) in [6.07, 6.45) is 2.48. The highest BCUT2D eigenvalue weighted by atomic mass is 35.5. The standard InChI is InChI=1S/C25H35ClF2N4O4/c1-6-32-21(16-12-29-15(11-24(3,4)5)10-17(16)36-23(27)28)19(26)20(31-32)22(34)30-13-25(35)8-7-14(2)9-18(25)33/h10,12,14,18,23,33,35H,6-9,11,13H2,1-5H3,(H,30,34)/t14-,18-,25-/m0/s1. The van der Waals surface area contributed by atoms with Crippen LogP contribution in [-0.2, 0) is 13.0 Å². The molecule has 1 saturated carbocycles. The molecule has 0 aromatic carbocycles. The summed E-state index contributed by atoms with van der Waals surface area (Å²) in [7, 11) is 0. The molecule has 0 radical (unpaired) electrons. The van der Waals surface area contributed by atoms with Crippen molar-refractivity contribution in [2.45, 2.75) is 85.2 Å². The lowest BCUT2D eigenvalue weighted by Gasteiger charge is -2.39. The fraction of sp³-hybridized carbons (Fsp3) is 0.640. The summed E-state index contributed by atoms with van der Waals surface area (Å²) in [5, 5.41) is 28.0. The van der Waals surface area contributed by atoms with E-state index in [1.54, 1.807) is 6.92 Å². The number of nitrogens with one attached hydrogen (secondary N) is 1. The molecule has 1 amide bonds. The van der Waals surface area contributed by atoms with E-state index in [9.17, 15) is 23.8 Å². The predicted molar refractivity (Wildman–Crippen MR) is 132 cm³/mol. The summed E-state index contributed by atoms with van der Waals surface area (Å²) in [4.78, 5) is 17.4. The Hall–Kier alpha value is -2.30. The van der Waals surface area contributed by atoms with Crippen molar-refractivity contribution >= 4 is 17.5 Å². The number of carbonyl (C=O) groups excluding carboxylic acids is 1. The van der Waals surface area contributed by atoms with Crippen molar-refractivity contribution in [3.63, 3.8) is 0 Å². The number of ether oxygens (including phenoxy) is 1. The first-order chi connectivity index (χ1) is 16.7. The van der Waals surface area contributed by atoms with Gasteiger partial charge in [0, 0.05) is 31.0 Å². The molecule has 36 heavy (non-hydrogen) atoms. The van der Waals surface area contributed by atoms with Gasteiger partial charge < -0.3 is 20.3 Å². The van der Waals surface area contributed by atoms with Gasteiger partial charge in [-0.3, -0.25) is 14.5 Å². The first-order valence-corrected chi connectivity index (χ1v) is 12.5. The molecule has 3 N–H and O–H groups in total. The average Bonchev–Trinajstić information content (AvgIpc) is 3.10. The number of alkyl halides is 2. The number of amides is 1. The minimum atomic E-state index is -3.07. The monoisotopic (exact) mass is 528 g/mol. The lowest BCUT2D eigenvalue weighted by molar-refractivity contribution is -0.106. The van der Waals surface area contributed by atoms with Gasteiger partial charge in [0.05, 0.1) is 22.4 Å². The van der Waals surface area contributed by atoms with Crippen molar-refractivity contribution in [3.05, 3.63) is 28.7 Å². The average molecular weight is 529 g/mol. The number of nitrogens with zero attached hydrogens (tertiary/aromatic N) is 3. The van der Waals surface area contributed by atoms with Crippen LogP contribution in [0.5, 0.6) is 5.75 Å². The number of hydrogen-bond acceptors (Lipinski definition) is 6. The third-order valence-electron chi connectivity index (χ3n) is 6.39. The van der Waals surface area contributed by atoms with Crippen LogP contribution < -0.4 is 10.1 Å². The molecule has 0 unspecified atom stereocenters. The van der Waals surface area contributed by atoms with Gasteiger partial charge in [0.15, 0.2) is 5.69 Å². The van der Waals surface area contributed by atoms with E-state index in [0.29, 0.717) is 31.5 Å². The largest absolute Gasteiger partial charge is 0.434 e. The first kappa shape index (κ1) is 28.3. The Bertz CT molecular complexity index is 1090. The molecule has 8 nitrogen and oxygen atoms in total. The predicted octanol–water partition coefficient (Wildman–Crippen LogP) is 4.45. The Labute approximate surface area is 215 Å². The van der Waals surface area contributed by atoms with Crippen molar-refractivity contribution in [3.8, 4) is 17.0 Å². The Morgan fingerprint density at radius 2 is 2.11 bits per heavy atom. The number of aliphatic hydroxyl groups excluding tert-OH is 1. The fourth-order valence-corrected chi connectivity index (χ4v) is 4.79. The summed E-state index contributed by atoms with van der Waals surface area (Å²) in [5.74, 6) is -0.487. The number of aromatic nitrogens is 3. The summed E-state index contributed by atoms with van der Waals surface area (Å²) >= 11 is 6.57. The van der Waals surface area contributed by atoms with Crippen LogP contribution in [0.3, 0.4) is 0 Å². The fourth-order valence-electron chi connectivity index (χ4n) is 4.46. The lowest BCUT2D eigenvalue weighted by atomic mass is 9.77. The molecular formula is C25H35ClF2N4O4. The third kappa shape index (κ3) is 6.52. The van der Waals surface area contributed by atoms with E-state index in [4.69, 9.17) is 16.3 Å². The topological polar surface area (TPSA) is 110 Å². The van der Waals surface area contributed by atoms with Crippen molar-refractivity contribution in [2.24, 2.45) is 11.3 Å². The van der Waals surface area contributed by atoms with Crippen LogP contribution >= 0.6 is 11.6 Å². The van der Waals surface area contributed by atoms with E-state index in [1.165, 1.54) is 16.9 Å². The molecule has 0 spiro atoms. The van der Waals surface area contributed by atoms with E-state index in [-0.39, 0.29) is 45.6 Å². The maximum absolute atomic E-state index is 13.3. The summed E-state index contributed by atoms with van der Waals surface area (Å²) in [6.45, 7) is 6.84. The molecule has 2 aromatic rings. The van der Waals surface area contributed by atoms with Crippen molar-refractivity contribution < 1.29 is 28.5 Å². The second-order valence-electron chi connectivity index (χ2n) is 10.8. The van der Waals surface area contributed by atoms with E-state index < -0.39 is 24.2 Å². The highest BCUT2D eigenvalue weighted by Crippen LogP contribution is 2.38. The number of halogens is 3. The van der Waals surface area contributed by atoms with Crippen LogP contribution in [0.1, 0.15) is 70.1 Å². The summed E-state index contributed by atoms with van der Waals surface area (Å²) < 4.78 is 32.8. The molecule has 0 aliphatic heterocycles. The SMILES string of the molecule is CCn1nc(C(=O)NC[C@@]2(O)CC[C@H](C)C[C@@H]2O)c(Cl)c1-c1cnc(CC(C)(C)C)cc1OC(F)F. The maximum Gasteiger partial charge on any atom is 0.387 e. The second kappa shape index (κ2) is 11.0. The van der Waals surface area contributed by atoms with Crippen LogP contribution in [-0.4, -0.2) is 55.7 Å². The van der Waals surface area contributed by atoms with Gasteiger partial charge in [0.25, 0.3) is 5.91 Å². The quantitative estimate of drug-likeness (QED) is 0.467. The maximum atomic E-state index is 13.3. The third-order valence-corrected chi connectivity index (χ3v) is 6.74. The second-order valence-corrected chi connectivity index (χ2v) is 11.2. The van der Waals surface area contributed by atoms with E-state index in [0.717, 1.165) is 6.42 Å². The first-order valence-electron chi connectivity index (χ1n) is 12.1. The molecule has 0 bridgehead atoms. The van der Waals surface area contributed by atoms with Crippen LogP contribution in [0.25, 0.3) is 11.3 Å². The molecule has 1 aliphatic rings. The van der Waals surface area contributed by atoms with Gasteiger partial charge in [0.1, 0.15) is 11.4 Å². The molecule has 0 saturated heterocycles. The van der Waals surface area contributed by atoms with E-state index in [2.05, 4.69) is 15.4 Å². The van der Waals surface area contributed by atoms with Crippen LogP contribution in [0.15, 0.2) is 12.3 Å². The van der Waals surface area contributed by atoms with Gasteiger partial charge in [-0.2, -0.15) is 13.9 Å². The molecule has 1 aliphatic carbocycles. The van der Waals surface area contributed by atoms with Crippen molar-refractivity contribution in [1.29, 1.82) is 0 Å². The van der Waals surface area contributed by atoms with Gasteiger partial charge in [-0.1, -0.05) is 39.3 Å². The zero-order valence-electron chi connectivity index (χ0n) is 21.3. The molecule has 2 heterocycles. The van der Waals surface area contributed by atoms with Crippen LogP contribution in [0, 0.1) is 11.3 Å². The zero-order valence-corrected chi connectivity index (χ0v) is 22.1. The van der Waals surface area contributed by atoms with Gasteiger partial charge in [-0.05, 0) is 43.9 Å². The van der Waals surface area contributed by atoms with Gasteiger partial charge in [-0.25, -0.2) is 0 Å². The Morgan fingerprint density at radius 1 is 1.42 bits per heavy atom. The van der Waals surface area contributed by atoms with E-state index in [1.807, 2.05) is 27.7 Å². The minimum Gasteiger partial charge on any atom is -0.434 e. The molecular weight excluding hydrogens is 494 g/mol. The van der Waals surface area contributed by atoms with Crippen LogP contribution in [0.2, 0.25) is 5.02 Å². The van der Waals surface area contributed by atoms with Gasteiger partial charge in [0.2, 0.25) is 0 Å².